The van der Waals surface area contributed by atoms with Crippen LogP contribution in [-0.4, -0.2) is 22.3 Å². The Bertz CT molecular complexity index is 128. The van der Waals surface area contributed by atoms with Crippen molar-refractivity contribution in [3.05, 3.63) is 10.1 Å². The van der Waals surface area contributed by atoms with E-state index in [2.05, 4.69) is 0 Å². The quantitative estimate of drug-likeness (QED) is 0.481. The summed E-state index contributed by atoms with van der Waals surface area (Å²) < 4.78 is 4.69. The topological polar surface area (TPSA) is 52.4 Å². The van der Waals surface area contributed by atoms with Crippen LogP contribution in [0.5, 0.6) is 0 Å². The third kappa shape index (κ3) is 2.96. The molecule has 0 rings (SSSR count). The van der Waals surface area contributed by atoms with Gasteiger partial charge in [0.25, 0.3) is 0 Å². The molecule has 0 aromatic rings. The first-order chi connectivity index (χ1) is 5.10. The molecule has 0 aliphatic carbocycles. The van der Waals surface area contributed by atoms with Gasteiger partial charge in [0, 0.05) is 0 Å². The van der Waals surface area contributed by atoms with Crippen LogP contribution in [-0.2, 0) is 4.28 Å². The van der Waals surface area contributed by atoms with Crippen LogP contribution in [0, 0.1) is 10.1 Å². The molecule has 0 radical (unpaired) electrons. The van der Waals surface area contributed by atoms with E-state index in [-0.39, 0.29) is 0 Å². The maximum Gasteiger partial charge on any atom is 0.304 e. The number of nitrogens with zero attached hydrogens (tertiary/aromatic N) is 1. The van der Waals surface area contributed by atoms with Crippen molar-refractivity contribution in [1.82, 2.24) is 0 Å². The first-order valence-electron chi connectivity index (χ1n) is 3.70. The molecule has 11 heavy (non-hydrogen) atoms. The van der Waals surface area contributed by atoms with Crippen molar-refractivity contribution in [2.24, 2.45) is 0 Å². The van der Waals surface area contributed by atoms with E-state index in [1.165, 1.54) is 0 Å². The lowest BCUT2D eigenvalue weighted by molar-refractivity contribution is -0.710. The zero-order valence-electron chi connectivity index (χ0n) is 7.20. The third-order valence-electron chi connectivity index (χ3n) is 1.80. The first kappa shape index (κ1) is 10.6. The number of hydrogen-bond donors (Lipinski definition) is 0. The highest BCUT2D eigenvalue weighted by Gasteiger charge is 2.21. The first-order valence-corrected chi connectivity index (χ1v) is 5.77. The summed E-state index contributed by atoms with van der Waals surface area (Å²) in [6.07, 6.45) is 0. The minimum Gasteiger partial charge on any atom is -0.263 e. The largest absolute Gasteiger partial charge is 0.304 e. The van der Waals surface area contributed by atoms with Crippen molar-refractivity contribution in [3.8, 4) is 0 Å². The third-order valence-corrected chi connectivity index (χ3v) is 5.39. The van der Waals surface area contributed by atoms with Gasteiger partial charge in [-0.25, -0.2) is 0 Å². The van der Waals surface area contributed by atoms with Crippen molar-refractivity contribution in [2.45, 2.75) is 20.8 Å². The molecule has 68 valence electrons. The van der Waals surface area contributed by atoms with Crippen molar-refractivity contribution in [3.63, 3.8) is 0 Å². The normalized spacial score (nSPS) is 12.6. The Balaban J connectivity index is 4.16. The van der Waals surface area contributed by atoms with Gasteiger partial charge in [-0.1, -0.05) is 31.1 Å². The zero-order chi connectivity index (χ0) is 8.91. The van der Waals surface area contributed by atoms with E-state index in [4.69, 9.17) is 4.28 Å². The molecule has 0 aromatic heterocycles. The maximum atomic E-state index is 10.1. The summed E-state index contributed by atoms with van der Waals surface area (Å²) in [7, 11) is -1.41. The second-order valence-corrected chi connectivity index (χ2v) is 5.94. The van der Waals surface area contributed by atoms with Crippen molar-refractivity contribution in [2.75, 3.05) is 17.3 Å². The van der Waals surface area contributed by atoms with E-state index in [1.807, 2.05) is 20.8 Å². The van der Waals surface area contributed by atoms with Crippen molar-refractivity contribution < 1.29 is 9.37 Å². The number of hydrogen-bond acceptors (Lipinski definition) is 3. The fourth-order valence-corrected chi connectivity index (χ4v) is 2.70. The Morgan fingerprint density at radius 2 is 1.64 bits per heavy atom. The van der Waals surface area contributed by atoms with Gasteiger partial charge in [0.1, 0.15) is 0 Å². The van der Waals surface area contributed by atoms with Gasteiger partial charge in [-0.2, -0.15) is 0 Å². The molecule has 0 saturated heterocycles. The molecule has 0 amide bonds. The molecule has 5 heteroatoms. The predicted octanol–water partition coefficient (Wildman–Crippen LogP) is 1.97. The summed E-state index contributed by atoms with van der Waals surface area (Å²) in [5.41, 5.74) is 0. The lowest BCUT2D eigenvalue weighted by Crippen LogP contribution is -2.16. The molecule has 0 bridgehead atoms. The van der Waals surface area contributed by atoms with Gasteiger partial charge in [-0.3, -0.25) is 4.28 Å². The highest BCUT2D eigenvalue weighted by atomic mass is 32.3. The second kappa shape index (κ2) is 4.43. The van der Waals surface area contributed by atoms with Gasteiger partial charge >= 0.3 is 5.09 Å². The van der Waals surface area contributed by atoms with Crippen LogP contribution in [0.25, 0.3) is 0 Å². The average molecular weight is 181 g/mol. The molecule has 0 spiro atoms. The van der Waals surface area contributed by atoms with E-state index >= 15 is 0 Å². The van der Waals surface area contributed by atoms with Gasteiger partial charge in [0.05, 0.1) is 0 Å². The molecular formula is C6H15NO3S. The minimum atomic E-state index is -1.41. The van der Waals surface area contributed by atoms with Crippen molar-refractivity contribution >= 4 is 10.3 Å². The molecule has 4 nitrogen and oxygen atoms in total. The molecule has 0 aromatic carbocycles. The Labute approximate surface area is 68.6 Å². The molecule has 0 aliphatic heterocycles. The van der Waals surface area contributed by atoms with E-state index in [0.717, 1.165) is 17.3 Å². The average Bonchev–Trinajstić information content (AvgIpc) is 2.00. The minimum absolute atomic E-state index is 0.661. The lowest BCUT2D eigenvalue weighted by atomic mass is 10.9. The zero-order valence-corrected chi connectivity index (χ0v) is 8.02. The smallest absolute Gasteiger partial charge is 0.263 e. The lowest BCUT2D eigenvalue weighted by Gasteiger charge is -2.33. The summed E-state index contributed by atoms with van der Waals surface area (Å²) in [5, 5.41) is 9.43. The standard InChI is InChI=1S/C6H15NO3S/c1-4-11(5-2,6-3)10-7(8)9/h4-6H2,1-3H3. The molecule has 0 unspecified atom stereocenters. The molecule has 0 fully saturated rings. The highest BCUT2D eigenvalue weighted by molar-refractivity contribution is 8.29. The van der Waals surface area contributed by atoms with Crippen LogP contribution in [0.4, 0.5) is 0 Å². The summed E-state index contributed by atoms with van der Waals surface area (Å²) in [6.45, 7) is 5.81. The van der Waals surface area contributed by atoms with Gasteiger partial charge < -0.3 is 0 Å². The van der Waals surface area contributed by atoms with E-state index < -0.39 is 15.4 Å². The molecule has 0 saturated carbocycles. The fourth-order valence-electron chi connectivity index (χ4n) is 0.900. The van der Waals surface area contributed by atoms with E-state index in [9.17, 15) is 10.1 Å². The number of rotatable bonds is 5. The Morgan fingerprint density at radius 3 is 1.73 bits per heavy atom. The van der Waals surface area contributed by atoms with Crippen LogP contribution in [0.1, 0.15) is 20.8 Å². The second-order valence-electron chi connectivity index (χ2n) is 2.13. The summed E-state index contributed by atoms with van der Waals surface area (Å²) in [6, 6.07) is 0. The maximum absolute atomic E-state index is 10.1. The van der Waals surface area contributed by atoms with Crippen LogP contribution < -0.4 is 0 Å². The van der Waals surface area contributed by atoms with Gasteiger partial charge in [0.15, 0.2) is 0 Å². The Morgan fingerprint density at radius 1 is 1.27 bits per heavy atom. The fraction of sp³-hybridized carbons (Fsp3) is 1.00. The van der Waals surface area contributed by atoms with Gasteiger partial charge in [0.2, 0.25) is 0 Å². The van der Waals surface area contributed by atoms with Crippen LogP contribution in [0.3, 0.4) is 0 Å². The van der Waals surface area contributed by atoms with Gasteiger partial charge in [-0.15, -0.1) is 10.1 Å². The summed E-state index contributed by atoms with van der Waals surface area (Å²) >= 11 is 0. The summed E-state index contributed by atoms with van der Waals surface area (Å²) in [5.74, 6) is 2.29. The summed E-state index contributed by atoms with van der Waals surface area (Å²) in [4.78, 5) is 10.1. The van der Waals surface area contributed by atoms with Crippen LogP contribution in [0.2, 0.25) is 0 Å². The Hall–Kier alpha value is -0.450. The molecule has 0 heterocycles. The monoisotopic (exact) mass is 181 g/mol. The molecular weight excluding hydrogens is 166 g/mol. The highest BCUT2D eigenvalue weighted by Crippen LogP contribution is 2.47. The van der Waals surface area contributed by atoms with Gasteiger partial charge in [-0.05, 0) is 17.3 Å². The van der Waals surface area contributed by atoms with Crippen LogP contribution >= 0.6 is 10.3 Å². The molecule has 0 aliphatic rings. The van der Waals surface area contributed by atoms with E-state index in [1.54, 1.807) is 0 Å². The Kier molecular flexibility index (Phi) is 4.25. The van der Waals surface area contributed by atoms with Crippen LogP contribution in [0.15, 0.2) is 0 Å². The van der Waals surface area contributed by atoms with Crippen molar-refractivity contribution in [1.29, 1.82) is 0 Å². The molecule has 0 N–H and O–H groups in total. The predicted molar refractivity (Wildman–Crippen MR) is 47.3 cm³/mol. The van der Waals surface area contributed by atoms with E-state index in [0.29, 0.717) is 0 Å². The molecule has 0 atom stereocenters. The SMILES string of the molecule is CCS(CC)(CC)O[N+](=O)[O-].